The maximum Gasteiger partial charge on any atom is 0.306 e. The van der Waals surface area contributed by atoms with Crippen LogP contribution in [0.15, 0.2) is 42.5 Å². The fraction of sp³-hybridized carbons (Fsp3) is 0.609. The lowest BCUT2D eigenvalue weighted by Crippen LogP contribution is -2.31. The molecular formula is C23H30O5. The molecule has 2 aliphatic heterocycles. The van der Waals surface area contributed by atoms with Crippen LogP contribution in [0.2, 0.25) is 0 Å². The Bertz CT molecular complexity index is 667. The molecule has 5 heteroatoms. The monoisotopic (exact) mass is 386 g/mol. The van der Waals surface area contributed by atoms with Crippen LogP contribution in [0.3, 0.4) is 0 Å². The number of carbonyl (C=O) groups excluding carboxylic acids is 1. The van der Waals surface area contributed by atoms with Gasteiger partial charge in [-0.2, -0.15) is 0 Å². The number of hydrogen-bond donors (Lipinski definition) is 1. The van der Waals surface area contributed by atoms with Gasteiger partial charge in [-0.25, -0.2) is 0 Å². The molecule has 2 saturated heterocycles. The summed E-state index contributed by atoms with van der Waals surface area (Å²) < 4.78 is 17.5. The first-order chi connectivity index (χ1) is 13.7. The van der Waals surface area contributed by atoms with Gasteiger partial charge in [0.15, 0.2) is 6.29 Å². The lowest BCUT2D eigenvalue weighted by atomic mass is 9.91. The number of carbonyl (C=O) groups is 1. The predicted molar refractivity (Wildman–Crippen MR) is 104 cm³/mol. The molecule has 1 unspecified atom stereocenters. The molecule has 0 radical (unpaired) electrons. The summed E-state index contributed by atoms with van der Waals surface area (Å²) in [4.78, 5) is 11.7. The molecule has 28 heavy (non-hydrogen) atoms. The number of hydrogen-bond acceptors (Lipinski definition) is 5. The van der Waals surface area contributed by atoms with Crippen LogP contribution in [0, 0.1) is 11.8 Å². The number of fused-ring (bicyclic) bond motifs is 1. The third kappa shape index (κ3) is 4.83. The molecule has 1 aromatic rings. The number of aliphatic hydroxyl groups excluding tert-OH is 1. The first-order valence-corrected chi connectivity index (χ1v) is 10.6. The van der Waals surface area contributed by atoms with Gasteiger partial charge in [-0.15, -0.1) is 0 Å². The molecular weight excluding hydrogens is 356 g/mol. The first-order valence-electron chi connectivity index (χ1n) is 10.6. The second kappa shape index (κ2) is 9.21. The quantitative estimate of drug-likeness (QED) is 0.575. The van der Waals surface area contributed by atoms with E-state index in [0.717, 1.165) is 32.3 Å². The molecule has 152 valence electrons. The Balaban J connectivity index is 1.36. The SMILES string of the molecule is O=C1C[C@@H]2[C@@H](/C=C/[C@@H](O)CCc3ccccc3)[C@H](OC3CCCCO3)C[C@@H]2O1. The topological polar surface area (TPSA) is 65.0 Å². The third-order valence-electron chi connectivity index (χ3n) is 6.14. The Morgan fingerprint density at radius 2 is 2.11 bits per heavy atom. The van der Waals surface area contributed by atoms with E-state index < -0.39 is 6.10 Å². The van der Waals surface area contributed by atoms with Crippen molar-refractivity contribution in [2.24, 2.45) is 11.8 Å². The van der Waals surface area contributed by atoms with Gasteiger partial charge in [0.25, 0.3) is 0 Å². The van der Waals surface area contributed by atoms with Crippen LogP contribution in [0.5, 0.6) is 0 Å². The minimum absolute atomic E-state index is 0.0243. The van der Waals surface area contributed by atoms with Gasteiger partial charge >= 0.3 is 5.97 Å². The number of esters is 1. The van der Waals surface area contributed by atoms with E-state index in [4.69, 9.17) is 14.2 Å². The average molecular weight is 386 g/mol. The van der Waals surface area contributed by atoms with Crippen molar-refractivity contribution in [2.75, 3.05) is 6.61 Å². The van der Waals surface area contributed by atoms with Gasteiger partial charge in [-0.05, 0) is 37.7 Å². The lowest BCUT2D eigenvalue weighted by Gasteiger charge is -2.28. The van der Waals surface area contributed by atoms with E-state index in [9.17, 15) is 9.90 Å². The molecule has 5 nitrogen and oxygen atoms in total. The summed E-state index contributed by atoms with van der Waals surface area (Å²) in [6, 6.07) is 10.2. The van der Waals surface area contributed by atoms with Crippen LogP contribution in [-0.2, 0) is 25.4 Å². The molecule has 0 aromatic heterocycles. The van der Waals surface area contributed by atoms with Gasteiger partial charge in [0.05, 0.1) is 18.6 Å². The molecule has 1 aliphatic carbocycles. The molecule has 1 N–H and O–H groups in total. The number of benzene rings is 1. The van der Waals surface area contributed by atoms with Gasteiger partial charge in [0.2, 0.25) is 0 Å². The largest absolute Gasteiger partial charge is 0.462 e. The Kier molecular flexibility index (Phi) is 6.45. The molecule has 1 saturated carbocycles. The fourth-order valence-corrected chi connectivity index (χ4v) is 4.64. The van der Waals surface area contributed by atoms with Crippen molar-refractivity contribution in [1.82, 2.24) is 0 Å². The summed E-state index contributed by atoms with van der Waals surface area (Å²) in [5.41, 5.74) is 1.22. The Labute approximate surface area is 166 Å². The Morgan fingerprint density at radius 1 is 1.25 bits per heavy atom. The molecule has 3 aliphatic rings. The van der Waals surface area contributed by atoms with Gasteiger partial charge in [0.1, 0.15) is 6.10 Å². The Hall–Kier alpha value is -1.69. The zero-order valence-electron chi connectivity index (χ0n) is 16.2. The zero-order chi connectivity index (χ0) is 19.3. The molecule has 3 fully saturated rings. The minimum atomic E-state index is -0.510. The molecule has 0 bridgehead atoms. The van der Waals surface area contributed by atoms with Crippen molar-refractivity contribution in [3.05, 3.63) is 48.0 Å². The van der Waals surface area contributed by atoms with Crippen LogP contribution in [0.25, 0.3) is 0 Å². The molecule has 2 heterocycles. The van der Waals surface area contributed by atoms with Crippen molar-refractivity contribution >= 4 is 5.97 Å². The van der Waals surface area contributed by atoms with Crippen LogP contribution in [-0.4, -0.2) is 42.3 Å². The lowest BCUT2D eigenvalue weighted by molar-refractivity contribution is -0.194. The molecule has 4 rings (SSSR count). The summed E-state index contributed by atoms with van der Waals surface area (Å²) in [5.74, 6) is 0.0948. The molecule has 1 aromatic carbocycles. The van der Waals surface area contributed by atoms with Crippen molar-refractivity contribution in [3.8, 4) is 0 Å². The van der Waals surface area contributed by atoms with E-state index in [1.807, 2.05) is 24.3 Å². The van der Waals surface area contributed by atoms with Crippen LogP contribution < -0.4 is 0 Å². The average Bonchev–Trinajstić information content (AvgIpc) is 3.22. The van der Waals surface area contributed by atoms with Crippen LogP contribution in [0.1, 0.15) is 44.1 Å². The predicted octanol–water partition coefficient (Wildman–Crippen LogP) is 3.40. The van der Waals surface area contributed by atoms with Crippen molar-refractivity contribution < 1.29 is 24.1 Å². The van der Waals surface area contributed by atoms with E-state index in [1.54, 1.807) is 0 Å². The van der Waals surface area contributed by atoms with E-state index >= 15 is 0 Å². The maximum absolute atomic E-state index is 11.7. The van der Waals surface area contributed by atoms with Crippen LogP contribution in [0.4, 0.5) is 0 Å². The zero-order valence-corrected chi connectivity index (χ0v) is 16.2. The fourth-order valence-electron chi connectivity index (χ4n) is 4.64. The van der Waals surface area contributed by atoms with E-state index in [-0.39, 0.29) is 36.3 Å². The summed E-state index contributed by atoms with van der Waals surface area (Å²) in [7, 11) is 0. The third-order valence-corrected chi connectivity index (χ3v) is 6.14. The minimum Gasteiger partial charge on any atom is -0.462 e. The van der Waals surface area contributed by atoms with E-state index in [1.165, 1.54) is 5.56 Å². The Morgan fingerprint density at radius 3 is 2.89 bits per heavy atom. The first kappa shape index (κ1) is 19.6. The van der Waals surface area contributed by atoms with Gasteiger partial charge < -0.3 is 19.3 Å². The van der Waals surface area contributed by atoms with Crippen molar-refractivity contribution in [2.45, 2.75) is 69.5 Å². The number of aryl methyl sites for hydroxylation is 1. The highest BCUT2D eigenvalue weighted by Crippen LogP contribution is 2.44. The van der Waals surface area contributed by atoms with Gasteiger partial charge in [0, 0.05) is 24.9 Å². The summed E-state index contributed by atoms with van der Waals surface area (Å²) in [6.45, 7) is 0.748. The number of aliphatic hydroxyl groups is 1. The number of ether oxygens (including phenoxy) is 3. The standard InChI is InChI=1S/C23H30O5/c24-17(10-9-16-6-2-1-3-7-16)11-12-18-19-14-22(25)27-21(19)15-20(18)28-23-8-4-5-13-26-23/h1-3,6-7,11-12,17-21,23-24H,4-5,8-10,13-15H2/b12-11+/t17-,18+,19+,20+,21-,23?/m0/s1. The highest BCUT2D eigenvalue weighted by molar-refractivity contribution is 5.72. The summed E-state index contributed by atoms with van der Waals surface area (Å²) in [5, 5.41) is 10.4. The van der Waals surface area contributed by atoms with Crippen molar-refractivity contribution in [3.63, 3.8) is 0 Å². The normalized spacial score (nSPS) is 33.8. The van der Waals surface area contributed by atoms with Crippen LogP contribution >= 0.6 is 0 Å². The second-order valence-corrected chi connectivity index (χ2v) is 8.16. The highest BCUT2D eigenvalue weighted by atomic mass is 16.7. The summed E-state index contributed by atoms with van der Waals surface area (Å²) in [6.07, 6.45) is 8.94. The van der Waals surface area contributed by atoms with Gasteiger partial charge in [-0.1, -0.05) is 42.5 Å². The molecule has 0 spiro atoms. The van der Waals surface area contributed by atoms with Crippen molar-refractivity contribution in [1.29, 1.82) is 0 Å². The highest BCUT2D eigenvalue weighted by Gasteiger charge is 2.50. The second-order valence-electron chi connectivity index (χ2n) is 8.16. The molecule has 6 atom stereocenters. The molecule has 0 amide bonds. The maximum atomic E-state index is 11.7. The van der Waals surface area contributed by atoms with E-state index in [2.05, 4.69) is 18.2 Å². The summed E-state index contributed by atoms with van der Waals surface area (Å²) >= 11 is 0. The van der Waals surface area contributed by atoms with Gasteiger partial charge in [-0.3, -0.25) is 4.79 Å². The number of rotatable bonds is 7. The smallest absolute Gasteiger partial charge is 0.306 e. The van der Waals surface area contributed by atoms with E-state index in [0.29, 0.717) is 19.3 Å².